The van der Waals surface area contributed by atoms with Gasteiger partial charge in [0.1, 0.15) is 11.4 Å². The van der Waals surface area contributed by atoms with E-state index in [1.807, 2.05) is 52.4 Å². The summed E-state index contributed by atoms with van der Waals surface area (Å²) < 4.78 is 29.3. The van der Waals surface area contributed by atoms with Crippen molar-refractivity contribution in [2.45, 2.75) is 4.90 Å². The number of sulfonamides is 1. The minimum absolute atomic E-state index is 0.00554. The summed E-state index contributed by atoms with van der Waals surface area (Å²) in [5, 5.41) is 14.4. The number of benzene rings is 2. The standard InChI is InChI=1S/C23H20N6O3S2/c30-17-6-8-18(9-7-17)34(31,32)26-13-12-25-22-24-11-10-19(27-22)21-20(16-4-2-1-3-5-16)28-23-29(21)14-15-33-23/h1-11,14-15,26,30H,12-13H2,(H,24,25,27). The average Bonchev–Trinajstić information content (AvgIpc) is 3.44. The van der Waals surface area contributed by atoms with E-state index in [0.29, 0.717) is 11.6 Å². The number of hydrogen-bond donors (Lipinski definition) is 3. The Labute approximate surface area is 199 Å². The molecule has 0 radical (unpaired) electrons. The first kappa shape index (κ1) is 22.0. The van der Waals surface area contributed by atoms with Crippen LogP contribution in [0.15, 0.2) is 83.3 Å². The van der Waals surface area contributed by atoms with Gasteiger partial charge in [-0.05, 0) is 30.3 Å². The van der Waals surface area contributed by atoms with Crippen LogP contribution in [0, 0.1) is 0 Å². The van der Waals surface area contributed by atoms with E-state index in [9.17, 15) is 13.5 Å². The predicted octanol–water partition coefficient (Wildman–Crippen LogP) is 3.62. The summed E-state index contributed by atoms with van der Waals surface area (Å²) >= 11 is 1.55. The van der Waals surface area contributed by atoms with E-state index < -0.39 is 10.0 Å². The lowest BCUT2D eigenvalue weighted by Gasteiger charge is -2.09. The predicted molar refractivity (Wildman–Crippen MR) is 131 cm³/mol. The van der Waals surface area contributed by atoms with Crippen LogP contribution in [0.2, 0.25) is 0 Å². The van der Waals surface area contributed by atoms with Crippen LogP contribution < -0.4 is 10.0 Å². The molecular formula is C23H20N6O3S2. The second-order valence-electron chi connectivity index (χ2n) is 7.31. The van der Waals surface area contributed by atoms with E-state index in [4.69, 9.17) is 4.98 Å². The molecule has 0 amide bonds. The van der Waals surface area contributed by atoms with Gasteiger partial charge >= 0.3 is 0 Å². The molecule has 5 rings (SSSR count). The average molecular weight is 493 g/mol. The van der Waals surface area contributed by atoms with Crippen LogP contribution in [0.3, 0.4) is 0 Å². The number of nitrogens with zero attached hydrogens (tertiary/aromatic N) is 4. The van der Waals surface area contributed by atoms with Crippen LogP contribution in [0.5, 0.6) is 5.75 Å². The molecule has 172 valence electrons. The Kier molecular flexibility index (Phi) is 5.97. The SMILES string of the molecule is O=S(=O)(NCCNc1nccc(-c2c(-c3ccccc3)nc3sccn23)n1)c1ccc(O)cc1. The molecule has 0 spiro atoms. The number of imidazole rings is 1. The van der Waals surface area contributed by atoms with E-state index in [-0.39, 0.29) is 23.7 Å². The van der Waals surface area contributed by atoms with Crippen LogP contribution >= 0.6 is 11.3 Å². The molecule has 34 heavy (non-hydrogen) atoms. The molecule has 0 aliphatic rings. The van der Waals surface area contributed by atoms with E-state index in [2.05, 4.69) is 20.0 Å². The highest BCUT2D eigenvalue weighted by Gasteiger charge is 2.18. The maximum absolute atomic E-state index is 12.4. The first-order chi connectivity index (χ1) is 16.5. The molecule has 3 N–H and O–H groups in total. The molecule has 0 fully saturated rings. The lowest BCUT2D eigenvalue weighted by atomic mass is 10.1. The summed E-state index contributed by atoms with van der Waals surface area (Å²) in [6.07, 6.45) is 3.62. The quantitative estimate of drug-likeness (QED) is 0.283. The summed E-state index contributed by atoms with van der Waals surface area (Å²) in [6.45, 7) is 0.417. The molecule has 5 aromatic rings. The van der Waals surface area contributed by atoms with Gasteiger partial charge in [0.15, 0.2) is 4.96 Å². The zero-order valence-corrected chi connectivity index (χ0v) is 19.4. The van der Waals surface area contributed by atoms with Crippen molar-refractivity contribution in [1.29, 1.82) is 0 Å². The van der Waals surface area contributed by atoms with Crippen molar-refractivity contribution in [3.8, 4) is 28.4 Å². The Morgan fingerprint density at radius 1 is 0.971 bits per heavy atom. The largest absolute Gasteiger partial charge is 0.508 e. The number of fused-ring (bicyclic) bond motifs is 1. The smallest absolute Gasteiger partial charge is 0.240 e. The zero-order chi connectivity index (χ0) is 23.5. The molecule has 3 aromatic heterocycles. The highest BCUT2D eigenvalue weighted by Crippen LogP contribution is 2.33. The number of rotatable bonds is 8. The third-order valence-corrected chi connectivity index (χ3v) is 7.29. The number of phenols is 1. The fraction of sp³-hybridized carbons (Fsp3) is 0.0870. The molecule has 0 saturated heterocycles. The Balaban J connectivity index is 1.33. The number of aromatic nitrogens is 4. The summed E-state index contributed by atoms with van der Waals surface area (Å²) in [6, 6.07) is 17.1. The number of anilines is 1. The molecule has 0 saturated carbocycles. The third-order valence-electron chi connectivity index (χ3n) is 5.05. The van der Waals surface area contributed by atoms with Gasteiger partial charge in [0.25, 0.3) is 0 Å². The van der Waals surface area contributed by atoms with Crippen LogP contribution in [-0.4, -0.2) is 46.0 Å². The van der Waals surface area contributed by atoms with Gasteiger partial charge in [-0.25, -0.2) is 28.1 Å². The van der Waals surface area contributed by atoms with E-state index >= 15 is 0 Å². The fourth-order valence-corrected chi connectivity index (χ4v) is 5.22. The monoisotopic (exact) mass is 492 g/mol. The number of aromatic hydroxyl groups is 1. The fourth-order valence-electron chi connectivity index (χ4n) is 3.47. The molecule has 0 aliphatic carbocycles. The molecule has 11 heteroatoms. The number of phenolic OH excluding ortho intramolecular Hbond substituents is 1. The van der Waals surface area contributed by atoms with Gasteiger partial charge < -0.3 is 10.4 Å². The van der Waals surface area contributed by atoms with Crippen LogP contribution in [-0.2, 0) is 10.0 Å². The summed E-state index contributed by atoms with van der Waals surface area (Å²) in [5.74, 6) is 0.386. The van der Waals surface area contributed by atoms with Gasteiger partial charge in [0.2, 0.25) is 16.0 Å². The minimum atomic E-state index is -3.68. The number of nitrogens with one attached hydrogen (secondary N) is 2. The Bertz CT molecular complexity index is 1530. The number of hydrogen-bond acceptors (Lipinski definition) is 8. The van der Waals surface area contributed by atoms with Gasteiger partial charge in [-0.3, -0.25) is 4.40 Å². The highest BCUT2D eigenvalue weighted by molar-refractivity contribution is 7.89. The van der Waals surface area contributed by atoms with Crippen molar-refractivity contribution in [3.63, 3.8) is 0 Å². The normalized spacial score (nSPS) is 11.6. The summed E-state index contributed by atoms with van der Waals surface area (Å²) in [7, 11) is -3.68. The minimum Gasteiger partial charge on any atom is -0.508 e. The Morgan fingerprint density at radius 3 is 2.56 bits per heavy atom. The molecule has 3 heterocycles. The lowest BCUT2D eigenvalue weighted by molar-refractivity contribution is 0.474. The molecule has 2 aromatic carbocycles. The van der Waals surface area contributed by atoms with Gasteiger partial charge in [-0.1, -0.05) is 30.3 Å². The van der Waals surface area contributed by atoms with E-state index in [1.165, 1.54) is 24.3 Å². The topological polar surface area (TPSA) is 122 Å². The molecular weight excluding hydrogens is 472 g/mol. The molecule has 9 nitrogen and oxygen atoms in total. The van der Waals surface area contributed by atoms with Crippen LogP contribution in [0.25, 0.3) is 27.6 Å². The van der Waals surface area contributed by atoms with Crippen molar-refractivity contribution in [1.82, 2.24) is 24.1 Å². The van der Waals surface area contributed by atoms with E-state index in [0.717, 1.165) is 21.9 Å². The molecule has 0 unspecified atom stereocenters. The van der Waals surface area contributed by atoms with E-state index in [1.54, 1.807) is 17.5 Å². The van der Waals surface area contributed by atoms with Gasteiger partial charge in [-0.2, -0.15) is 0 Å². The Hall–Kier alpha value is -3.80. The van der Waals surface area contributed by atoms with Gasteiger partial charge in [0.05, 0.1) is 16.3 Å². The third kappa shape index (κ3) is 4.49. The molecule has 0 atom stereocenters. The van der Waals surface area contributed by atoms with Crippen molar-refractivity contribution in [2.75, 3.05) is 18.4 Å². The second kappa shape index (κ2) is 9.21. The van der Waals surface area contributed by atoms with Gasteiger partial charge in [-0.15, -0.1) is 11.3 Å². The highest BCUT2D eigenvalue weighted by atomic mass is 32.2. The summed E-state index contributed by atoms with van der Waals surface area (Å²) in [5.41, 5.74) is 3.39. The van der Waals surface area contributed by atoms with Crippen molar-refractivity contribution < 1.29 is 13.5 Å². The van der Waals surface area contributed by atoms with Crippen molar-refractivity contribution in [2.24, 2.45) is 0 Å². The van der Waals surface area contributed by atoms with Crippen molar-refractivity contribution >= 4 is 32.3 Å². The summed E-state index contributed by atoms with van der Waals surface area (Å²) in [4.78, 5) is 14.7. The molecule has 0 bridgehead atoms. The lowest BCUT2D eigenvalue weighted by Crippen LogP contribution is -2.29. The maximum atomic E-state index is 12.4. The van der Waals surface area contributed by atoms with Crippen LogP contribution in [0.1, 0.15) is 0 Å². The molecule has 0 aliphatic heterocycles. The zero-order valence-electron chi connectivity index (χ0n) is 17.8. The van der Waals surface area contributed by atoms with Gasteiger partial charge in [0, 0.05) is 36.4 Å². The Morgan fingerprint density at radius 2 is 1.76 bits per heavy atom. The maximum Gasteiger partial charge on any atom is 0.240 e. The van der Waals surface area contributed by atoms with Crippen LogP contribution in [0.4, 0.5) is 5.95 Å². The second-order valence-corrected chi connectivity index (χ2v) is 9.95. The number of thiazole rings is 1. The van der Waals surface area contributed by atoms with Crippen molar-refractivity contribution in [3.05, 3.63) is 78.4 Å². The first-order valence-electron chi connectivity index (χ1n) is 10.4. The first-order valence-corrected chi connectivity index (χ1v) is 12.7.